The highest BCUT2D eigenvalue weighted by atomic mass is 127. The van der Waals surface area contributed by atoms with Gasteiger partial charge in [-0.25, -0.2) is 13.1 Å². The second-order valence-electron chi connectivity index (χ2n) is 6.95. The molecule has 3 heterocycles. The molecule has 0 bridgehead atoms. The SMILES string of the molecule is CCNC(=NCCNS(=O)(=O)c1cccnc1)N1CCC(N2CCCC2)C1.I. The quantitative estimate of drug-likeness (QED) is 0.242. The van der Waals surface area contributed by atoms with Crippen molar-refractivity contribution in [3.63, 3.8) is 0 Å². The molecular weight excluding hydrogens is 491 g/mol. The summed E-state index contributed by atoms with van der Waals surface area (Å²) in [5, 5.41) is 3.34. The molecule has 3 rings (SSSR count). The molecule has 1 unspecified atom stereocenters. The summed E-state index contributed by atoms with van der Waals surface area (Å²) in [4.78, 5) is 13.5. The summed E-state index contributed by atoms with van der Waals surface area (Å²) in [5.41, 5.74) is 0. The van der Waals surface area contributed by atoms with Crippen molar-refractivity contribution in [3.05, 3.63) is 24.5 Å². The van der Waals surface area contributed by atoms with Gasteiger partial charge in [-0.15, -0.1) is 24.0 Å². The van der Waals surface area contributed by atoms with Crippen LogP contribution in [0.3, 0.4) is 0 Å². The van der Waals surface area contributed by atoms with Gasteiger partial charge in [0, 0.05) is 44.6 Å². The maximum absolute atomic E-state index is 12.2. The number of halogens is 1. The predicted octanol–water partition coefficient (Wildman–Crippen LogP) is 1.11. The predicted molar refractivity (Wildman–Crippen MR) is 122 cm³/mol. The lowest BCUT2D eigenvalue weighted by Crippen LogP contribution is -2.43. The average Bonchev–Trinajstić information content (AvgIpc) is 3.36. The first-order valence-corrected chi connectivity index (χ1v) is 11.3. The molecule has 0 radical (unpaired) electrons. The Bertz CT molecular complexity index is 725. The Morgan fingerprint density at radius 2 is 2.11 bits per heavy atom. The Kier molecular flexibility index (Phi) is 9.38. The Morgan fingerprint density at radius 3 is 2.79 bits per heavy atom. The zero-order valence-corrected chi connectivity index (χ0v) is 19.5. The van der Waals surface area contributed by atoms with Crippen molar-refractivity contribution in [2.45, 2.75) is 37.1 Å². The van der Waals surface area contributed by atoms with E-state index < -0.39 is 10.0 Å². The first kappa shape index (κ1) is 23.3. The maximum Gasteiger partial charge on any atom is 0.242 e. The first-order valence-electron chi connectivity index (χ1n) is 9.77. The van der Waals surface area contributed by atoms with Crippen molar-refractivity contribution in [2.75, 3.05) is 45.8 Å². The van der Waals surface area contributed by atoms with Gasteiger partial charge < -0.3 is 10.2 Å². The van der Waals surface area contributed by atoms with Gasteiger partial charge in [0.15, 0.2) is 5.96 Å². The van der Waals surface area contributed by atoms with Crippen LogP contribution < -0.4 is 10.0 Å². The molecule has 8 nitrogen and oxygen atoms in total. The van der Waals surface area contributed by atoms with Crippen molar-refractivity contribution in [3.8, 4) is 0 Å². The van der Waals surface area contributed by atoms with Crippen LogP contribution in [0.25, 0.3) is 0 Å². The third-order valence-electron chi connectivity index (χ3n) is 5.07. The van der Waals surface area contributed by atoms with E-state index in [4.69, 9.17) is 0 Å². The molecule has 2 N–H and O–H groups in total. The number of aromatic nitrogens is 1. The summed E-state index contributed by atoms with van der Waals surface area (Å²) in [6, 6.07) is 3.76. The van der Waals surface area contributed by atoms with Crippen LogP contribution in [-0.2, 0) is 10.0 Å². The molecule has 0 spiro atoms. The summed E-state index contributed by atoms with van der Waals surface area (Å²) in [7, 11) is -3.53. The summed E-state index contributed by atoms with van der Waals surface area (Å²) in [6.45, 7) is 7.91. The van der Waals surface area contributed by atoms with E-state index in [1.807, 2.05) is 0 Å². The van der Waals surface area contributed by atoms with Gasteiger partial charge in [0.25, 0.3) is 0 Å². The molecule has 2 aliphatic rings. The minimum atomic E-state index is -3.53. The molecule has 0 aromatic carbocycles. The number of sulfonamides is 1. The van der Waals surface area contributed by atoms with Crippen molar-refractivity contribution in [1.29, 1.82) is 0 Å². The highest BCUT2D eigenvalue weighted by molar-refractivity contribution is 14.0. The molecule has 10 heteroatoms. The molecule has 1 aromatic rings. The molecule has 28 heavy (non-hydrogen) atoms. The molecule has 1 atom stereocenters. The molecular formula is C18H31IN6O2S. The maximum atomic E-state index is 12.2. The van der Waals surface area contributed by atoms with E-state index in [0.717, 1.165) is 32.0 Å². The topological polar surface area (TPSA) is 89.9 Å². The smallest absolute Gasteiger partial charge is 0.242 e. The minimum absolute atomic E-state index is 0. The molecule has 2 saturated heterocycles. The fraction of sp³-hybridized carbons (Fsp3) is 0.667. The summed E-state index contributed by atoms with van der Waals surface area (Å²) in [5.74, 6) is 0.875. The zero-order valence-electron chi connectivity index (χ0n) is 16.4. The first-order chi connectivity index (χ1) is 13.1. The third-order valence-corrected chi connectivity index (χ3v) is 6.51. The average molecular weight is 522 g/mol. The summed E-state index contributed by atoms with van der Waals surface area (Å²) >= 11 is 0. The number of likely N-dealkylation sites (tertiary alicyclic amines) is 2. The largest absolute Gasteiger partial charge is 0.357 e. The number of pyridine rings is 1. The standard InChI is InChI=1S/C18H30N6O2S.HI/c1-2-20-18(24-13-7-16(15-24)23-11-3-4-12-23)21-9-10-22-27(25,26)17-6-5-8-19-14-17;/h5-6,8,14,16,22H,2-4,7,9-13,15H2,1H3,(H,20,21);1H. The van der Waals surface area contributed by atoms with E-state index in [1.54, 1.807) is 12.3 Å². The van der Waals surface area contributed by atoms with Crippen LogP contribution in [0.2, 0.25) is 0 Å². The van der Waals surface area contributed by atoms with Gasteiger partial charge in [0.1, 0.15) is 4.90 Å². The second kappa shape index (κ2) is 11.3. The fourth-order valence-electron chi connectivity index (χ4n) is 3.70. The Hall–Kier alpha value is -0.980. The van der Waals surface area contributed by atoms with Crippen molar-refractivity contribution >= 4 is 40.0 Å². The third kappa shape index (κ3) is 6.26. The lowest BCUT2D eigenvalue weighted by atomic mass is 10.2. The molecule has 0 aliphatic carbocycles. The number of nitrogens with one attached hydrogen (secondary N) is 2. The minimum Gasteiger partial charge on any atom is -0.357 e. The van der Waals surface area contributed by atoms with Gasteiger partial charge in [-0.3, -0.25) is 14.9 Å². The van der Waals surface area contributed by atoms with E-state index in [2.05, 4.69) is 36.7 Å². The number of hydrogen-bond acceptors (Lipinski definition) is 5. The van der Waals surface area contributed by atoms with Crippen LogP contribution in [0.15, 0.2) is 34.4 Å². The summed E-state index contributed by atoms with van der Waals surface area (Å²) in [6.07, 6.45) is 6.68. The van der Waals surface area contributed by atoms with E-state index in [1.165, 1.54) is 38.2 Å². The van der Waals surface area contributed by atoms with Crippen LogP contribution >= 0.6 is 24.0 Å². The van der Waals surface area contributed by atoms with Crippen LogP contribution in [0, 0.1) is 0 Å². The zero-order chi connectivity index (χ0) is 19.1. The van der Waals surface area contributed by atoms with Crippen molar-refractivity contribution in [2.24, 2.45) is 4.99 Å². The lowest BCUT2D eigenvalue weighted by molar-refractivity contribution is 0.249. The summed E-state index contributed by atoms with van der Waals surface area (Å²) < 4.78 is 27.0. The molecule has 158 valence electrons. The van der Waals surface area contributed by atoms with Crippen molar-refractivity contribution < 1.29 is 8.42 Å². The second-order valence-corrected chi connectivity index (χ2v) is 8.72. The molecule has 2 fully saturated rings. The van der Waals surface area contributed by atoms with Crippen LogP contribution in [-0.4, -0.2) is 81.0 Å². The Labute approximate surface area is 185 Å². The number of nitrogens with zero attached hydrogens (tertiary/aromatic N) is 4. The van der Waals surface area contributed by atoms with Gasteiger partial charge in [-0.05, 0) is 51.4 Å². The van der Waals surface area contributed by atoms with Gasteiger partial charge in [-0.2, -0.15) is 0 Å². The number of hydrogen-bond donors (Lipinski definition) is 2. The molecule has 0 saturated carbocycles. The number of aliphatic imine (C=N–C) groups is 1. The Morgan fingerprint density at radius 1 is 1.32 bits per heavy atom. The number of guanidine groups is 1. The normalized spacial score (nSPS) is 21.0. The van der Waals surface area contributed by atoms with Gasteiger partial charge >= 0.3 is 0 Å². The molecule has 2 aliphatic heterocycles. The highest BCUT2D eigenvalue weighted by Crippen LogP contribution is 2.20. The highest BCUT2D eigenvalue weighted by Gasteiger charge is 2.30. The van der Waals surface area contributed by atoms with E-state index >= 15 is 0 Å². The van der Waals surface area contributed by atoms with Crippen LogP contribution in [0.5, 0.6) is 0 Å². The van der Waals surface area contributed by atoms with Crippen molar-refractivity contribution in [1.82, 2.24) is 24.8 Å². The van der Waals surface area contributed by atoms with Gasteiger partial charge in [0.2, 0.25) is 10.0 Å². The van der Waals surface area contributed by atoms with Crippen LogP contribution in [0.4, 0.5) is 0 Å². The number of rotatable bonds is 7. The fourth-order valence-corrected chi connectivity index (χ4v) is 4.68. The Balaban J connectivity index is 0.00000280. The monoisotopic (exact) mass is 522 g/mol. The van der Waals surface area contributed by atoms with E-state index in [-0.39, 0.29) is 35.4 Å². The van der Waals surface area contributed by atoms with Crippen LogP contribution in [0.1, 0.15) is 26.2 Å². The van der Waals surface area contributed by atoms with Gasteiger partial charge in [-0.1, -0.05) is 0 Å². The van der Waals surface area contributed by atoms with E-state index in [0.29, 0.717) is 12.6 Å². The lowest BCUT2D eigenvalue weighted by Gasteiger charge is -2.25. The van der Waals surface area contributed by atoms with E-state index in [9.17, 15) is 8.42 Å². The van der Waals surface area contributed by atoms with Gasteiger partial charge in [0.05, 0.1) is 6.54 Å². The molecule has 1 aromatic heterocycles. The molecule has 0 amide bonds.